The van der Waals surface area contributed by atoms with Gasteiger partial charge in [0.05, 0.1) is 6.10 Å². The van der Waals surface area contributed by atoms with E-state index in [4.69, 9.17) is 4.74 Å². The first-order valence-electron chi connectivity index (χ1n) is 6.82. The van der Waals surface area contributed by atoms with Gasteiger partial charge in [-0.05, 0) is 33.1 Å². The molecule has 106 valence electrons. The standard InChI is InChI=1S/C15H28OS2/c1-6-10-15(14(4)18-17-7-2)12-9-8-11-13(3)16-5/h8,10-11,13-14H,6-7,9,12H2,1-5H3/b11-8-,15-10+. The van der Waals surface area contributed by atoms with Crippen LogP contribution in [-0.4, -0.2) is 24.2 Å². The van der Waals surface area contributed by atoms with Gasteiger partial charge in [-0.3, -0.25) is 0 Å². The molecule has 0 aliphatic rings. The average Bonchev–Trinajstić information content (AvgIpc) is 2.39. The van der Waals surface area contributed by atoms with Gasteiger partial charge in [0.25, 0.3) is 0 Å². The zero-order valence-corrected chi connectivity index (χ0v) is 14.1. The molecule has 0 fully saturated rings. The Morgan fingerprint density at radius 1 is 1.28 bits per heavy atom. The summed E-state index contributed by atoms with van der Waals surface area (Å²) < 4.78 is 5.20. The fourth-order valence-electron chi connectivity index (χ4n) is 1.58. The third-order valence-corrected chi connectivity index (χ3v) is 5.64. The summed E-state index contributed by atoms with van der Waals surface area (Å²) in [6.07, 6.45) is 10.4. The first-order valence-corrected chi connectivity index (χ1v) is 9.20. The van der Waals surface area contributed by atoms with Crippen molar-refractivity contribution in [3.63, 3.8) is 0 Å². The van der Waals surface area contributed by atoms with E-state index in [2.05, 4.69) is 45.9 Å². The molecular weight excluding hydrogens is 260 g/mol. The van der Waals surface area contributed by atoms with Crippen molar-refractivity contribution in [3.05, 3.63) is 23.8 Å². The van der Waals surface area contributed by atoms with E-state index in [0.29, 0.717) is 5.25 Å². The summed E-state index contributed by atoms with van der Waals surface area (Å²) in [4.78, 5) is 0. The Morgan fingerprint density at radius 3 is 2.56 bits per heavy atom. The summed E-state index contributed by atoms with van der Waals surface area (Å²) in [6, 6.07) is 0. The minimum atomic E-state index is 0.228. The highest BCUT2D eigenvalue weighted by Gasteiger charge is 2.08. The number of ether oxygens (including phenoxy) is 1. The molecule has 0 aromatic carbocycles. The van der Waals surface area contributed by atoms with E-state index >= 15 is 0 Å². The van der Waals surface area contributed by atoms with Crippen molar-refractivity contribution in [1.29, 1.82) is 0 Å². The van der Waals surface area contributed by atoms with Crippen LogP contribution >= 0.6 is 21.6 Å². The van der Waals surface area contributed by atoms with Gasteiger partial charge in [-0.1, -0.05) is 59.2 Å². The van der Waals surface area contributed by atoms with Crippen LogP contribution in [0.15, 0.2) is 23.8 Å². The third kappa shape index (κ3) is 9.12. The summed E-state index contributed by atoms with van der Waals surface area (Å²) in [6.45, 7) is 8.81. The molecule has 1 nitrogen and oxygen atoms in total. The quantitative estimate of drug-likeness (QED) is 0.389. The van der Waals surface area contributed by atoms with Crippen LogP contribution in [0.2, 0.25) is 0 Å². The Bertz CT molecular complexity index is 249. The second-order valence-electron chi connectivity index (χ2n) is 4.24. The number of hydrogen-bond donors (Lipinski definition) is 0. The van der Waals surface area contributed by atoms with Crippen molar-refractivity contribution in [1.82, 2.24) is 0 Å². The van der Waals surface area contributed by atoms with Crippen molar-refractivity contribution >= 4 is 21.6 Å². The Morgan fingerprint density at radius 2 is 2.00 bits per heavy atom. The first kappa shape index (κ1) is 18.1. The molecule has 0 saturated heterocycles. The molecule has 2 atom stereocenters. The fourth-order valence-corrected chi connectivity index (χ4v) is 3.65. The van der Waals surface area contributed by atoms with Crippen LogP contribution in [0.1, 0.15) is 47.0 Å². The lowest BCUT2D eigenvalue weighted by Crippen LogP contribution is -2.01. The number of hydrogen-bond acceptors (Lipinski definition) is 3. The van der Waals surface area contributed by atoms with E-state index < -0.39 is 0 Å². The van der Waals surface area contributed by atoms with Gasteiger partial charge in [-0.25, -0.2) is 0 Å². The number of allylic oxidation sites excluding steroid dienone is 2. The summed E-state index contributed by atoms with van der Waals surface area (Å²) >= 11 is 0. The van der Waals surface area contributed by atoms with Crippen LogP contribution in [0.5, 0.6) is 0 Å². The van der Waals surface area contributed by atoms with Crippen LogP contribution in [0.4, 0.5) is 0 Å². The van der Waals surface area contributed by atoms with E-state index in [1.165, 1.54) is 12.2 Å². The molecule has 0 aliphatic carbocycles. The van der Waals surface area contributed by atoms with Gasteiger partial charge < -0.3 is 4.74 Å². The molecule has 0 heterocycles. The van der Waals surface area contributed by atoms with Gasteiger partial charge in [0.2, 0.25) is 0 Å². The highest BCUT2D eigenvalue weighted by atomic mass is 33.1. The molecule has 0 spiro atoms. The summed E-state index contributed by atoms with van der Waals surface area (Å²) in [5.41, 5.74) is 1.58. The second kappa shape index (κ2) is 12.2. The smallest absolute Gasteiger partial charge is 0.0723 e. The van der Waals surface area contributed by atoms with Crippen LogP contribution in [0.25, 0.3) is 0 Å². The molecule has 0 aliphatic heterocycles. The van der Waals surface area contributed by atoms with Crippen molar-refractivity contribution in [2.75, 3.05) is 12.9 Å². The van der Waals surface area contributed by atoms with Crippen molar-refractivity contribution in [2.45, 2.75) is 58.3 Å². The van der Waals surface area contributed by atoms with Gasteiger partial charge in [0.15, 0.2) is 0 Å². The predicted octanol–water partition coefficient (Wildman–Crippen LogP) is 5.48. The van der Waals surface area contributed by atoms with E-state index in [-0.39, 0.29) is 6.10 Å². The first-order chi connectivity index (χ1) is 8.65. The molecule has 0 saturated carbocycles. The maximum Gasteiger partial charge on any atom is 0.0723 e. The minimum Gasteiger partial charge on any atom is -0.378 e. The van der Waals surface area contributed by atoms with Gasteiger partial charge >= 0.3 is 0 Å². The van der Waals surface area contributed by atoms with E-state index in [1.807, 2.05) is 21.6 Å². The topological polar surface area (TPSA) is 9.23 Å². The van der Waals surface area contributed by atoms with Crippen molar-refractivity contribution in [3.8, 4) is 0 Å². The molecule has 0 radical (unpaired) electrons. The molecule has 0 amide bonds. The molecule has 2 unspecified atom stereocenters. The molecular formula is C15H28OS2. The lowest BCUT2D eigenvalue weighted by Gasteiger charge is -2.14. The van der Waals surface area contributed by atoms with Gasteiger partial charge in [-0.2, -0.15) is 0 Å². The molecule has 0 N–H and O–H groups in total. The van der Waals surface area contributed by atoms with E-state index in [1.54, 1.807) is 12.7 Å². The minimum absolute atomic E-state index is 0.228. The zero-order valence-electron chi connectivity index (χ0n) is 12.4. The number of methoxy groups -OCH3 is 1. The maximum atomic E-state index is 5.20. The molecule has 0 rings (SSSR count). The normalized spacial score (nSPS) is 16.2. The van der Waals surface area contributed by atoms with Crippen LogP contribution in [0.3, 0.4) is 0 Å². The van der Waals surface area contributed by atoms with Crippen LogP contribution < -0.4 is 0 Å². The van der Waals surface area contributed by atoms with E-state index in [9.17, 15) is 0 Å². The Hall–Kier alpha value is 0.140. The molecule has 18 heavy (non-hydrogen) atoms. The monoisotopic (exact) mass is 288 g/mol. The summed E-state index contributed by atoms with van der Waals surface area (Å²) in [5.74, 6) is 1.18. The molecule has 0 bridgehead atoms. The van der Waals surface area contributed by atoms with Crippen LogP contribution in [-0.2, 0) is 4.74 Å². The van der Waals surface area contributed by atoms with Gasteiger partial charge in [0, 0.05) is 18.1 Å². The molecule has 0 aromatic rings. The Kier molecular flexibility index (Phi) is 12.3. The number of rotatable bonds is 10. The lowest BCUT2D eigenvalue weighted by atomic mass is 10.1. The highest BCUT2D eigenvalue weighted by molar-refractivity contribution is 8.77. The van der Waals surface area contributed by atoms with Crippen molar-refractivity contribution < 1.29 is 4.74 Å². The van der Waals surface area contributed by atoms with Crippen LogP contribution in [0, 0.1) is 0 Å². The fraction of sp³-hybridized carbons (Fsp3) is 0.733. The van der Waals surface area contributed by atoms with E-state index in [0.717, 1.165) is 12.8 Å². The SMILES string of the molecule is CC/C=C(\CC/C=C\C(C)OC)C(C)SSCC. The average molecular weight is 289 g/mol. The Balaban J connectivity index is 4.12. The predicted molar refractivity (Wildman–Crippen MR) is 88.4 cm³/mol. The largest absolute Gasteiger partial charge is 0.378 e. The molecule has 0 aromatic heterocycles. The zero-order chi connectivity index (χ0) is 13.8. The maximum absolute atomic E-state index is 5.20. The van der Waals surface area contributed by atoms with Gasteiger partial charge in [-0.15, -0.1) is 0 Å². The highest BCUT2D eigenvalue weighted by Crippen LogP contribution is 2.32. The second-order valence-corrected chi connectivity index (χ2v) is 7.24. The van der Waals surface area contributed by atoms with Crippen molar-refractivity contribution in [2.24, 2.45) is 0 Å². The summed E-state index contributed by atoms with van der Waals surface area (Å²) in [7, 11) is 5.70. The lowest BCUT2D eigenvalue weighted by molar-refractivity contribution is 0.156. The third-order valence-electron chi connectivity index (χ3n) is 2.70. The Labute approximate surface area is 121 Å². The molecule has 3 heteroatoms. The van der Waals surface area contributed by atoms with Gasteiger partial charge in [0.1, 0.15) is 0 Å². The summed E-state index contributed by atoms with van der Waals surface area (Å²) in [5, 5.41) is 0.628.